The minimum atomic E-state index is -0.436. The van der Waals surface area contributed by atoms with Crippen LogP contribution in [0.5, 0.6) is 0 Å². The molecule has 158 valence electrons. The predicted octanol–water partition coefficient (Wildman–Crippen LogP) is 2.22. The monoisotopic (exact) mass is 406 g/mol. The van der Waals surface area contributed by atoms with E-state index in [1.807, 2.05) is 12.4 Å². The summed E-state index contributed by atoms with van der Waals surface area (Å²) in [5, 5.41) is 17.3. The van der Waals surface area contributed by atoms with Crippen LogP contribution in [0.4, 0.5) is 0 Å². The lowest BCUT2D eigenvalue weighted by Gasteiger charge is -2.58. The number of hydrogen-bond donors (Lipinski definition) is 3. The van der Waals surface area contributed by atoms with Crippen molar-refractivity contribution in [1.82, 2.24) is 15.4 Å². The van der Waals surface area contributed by atoms with E-state index in [0.29, 0.717) is 31.2 Å². The van der Waals surface area contributed by atoms with Gasteiger partial charge in [-0.1, -0.05) is 0 Å². The third-order valence-corrected chi connectivity index (χ3v) is 8.13. The van der Waals surface area contributed by atoms with Crippen LogP contribution in [0.2, 0.25) is 0 Å². The summed E-state index contributed by atoms with van der Waals surface area (Å²) in [5.41, 5.74) is 7.12. The quantitative estimate of drug-likeness (QED) is 0.635. The minimum Gasteiger partial charge on any atom is -0.430 e. The predicted molar refractivity (Wildman–Crippen MR) is 119 cm³/mol. The Morgan fingerprint density at radius 3 is 2.77 bits per heavy atom. The Morgan fingerprint density at radius 1 is 1.20 bits per heavy atom. The van der Waals surface area contributed by atoms with Crippen molar-refractivity contribution in [1.29, 1.82) is 0 Å². The third-order valence-electron chi connectivity index (χ3n) is 8.13. The maximum Gasteiger partial charge on any atom is 0.311 e. The number of aromatic amines is 1. The Kier molecular flexibility index (Phi) is 4.13. The second-order valence-corrected chi connectivity index (χ2v) is 10.8. The van der Waals surface area contributed by atoms with Crippen molar-refractivity contribution in [3.63, 3.8) is 0 Å². The van der Waals surface area contributed by atoms with Gasteiger partial charge in [0.15, 0.2) is 0 Å². The molecule has 4 saturated carbocycles. The van der Waals surface area contributed by atoms with Crippen LogP contribution in [0.15, 0.2) is 23.6 Å². The molecule has 5 aliphatic rings. The summed E-state index contributed by atoms with van der Waals surface area (Å²) < 4.78 is 6.34. The maximum absolute atomic E-state index is 11.1. The van der Waals surface area contributed by atoms with Crippen molar-refractivity contribution in [2.24, 2.45) is 28.8 Å². The van der Waals surface area contributed by atoms with Crippen molar-refractivity contribution in [2.45, 2.75) is 63.6 Å². The molecule has 7 heteroatoms. The Labute approximate surface area is 178 Å². The lowest BCUT2D eigenvalue weighted by molar-refractivity contribution is -0.137. The SMILES string of the molecule is CC1(C)CCN/N=C(/C2C3CC4CC2CC(O)(C4)C3)c2c(cnc3[nH]ccc23)BO1. The molecule has 3 heterocycles. The molecule has 4 fully saturated rings. The van der Waals surface area contributed by atoms with Crippen LogP contribution < -0.4 is 10.9 Å². The summed E-state index contributed by atoms with van der Waals surface area (Å²) >= 11 is 0. The van der Waals surface area contributed by atoms with Gasteiger partial charge in [-0.2, -0.15) is 5.10 Å². The Hall–Kier alpha value is -1.86. The second-order valence-electron chi connectivity index (χ2n) is 10.8. The molecule has 2 unspecified atom stereocenters. The Balaban J connectivity index is 1.49. The highest BCUT2D eigenvalue weighted by molar-refractivity contribution is 6.50. The van der Waals surface area contributed by atoms with Gasteiger partial charge < -0.3 is 20.2 Å². The standard InChI is InChI=1S/C23H31BN4O2/c1-22(2)4-6-27-28-20(18-14-7-13-8-15(18)11-23(29,9-13)10-14)19-16-3-5-25-21(16)26-12-17(19)24-30-22/h3,5,12-15,18,24,27,29H,4,6-11H2,1-2H3,(H,25,26)/b28-20-. The molecule has 0 amide bonds. The van der Waals surface area contributed by atoms with Crippen LogP contribution in [0.25, 0.3) is 11.0 Å². The molecule has 3 N–H and O–H groups in total. The smallest absolute Gasteiger partial charge is 0.311 e. The van der Waals surface area contributed by atoms with Crippen molar-refractivity contribution >= 4 is 29.7 Å². The topological polar surface area (TPSA) is 82.5 Å². The number of aromatic nitrogens is 2. The molecule has 2 aromatic rings. The molecule has 2 aromatic heterocycles. The van der Waals surface area contributed by atoms with Gasteiger partial charge in [-0.05, 0) is 81.7 Å². The van der Waals surface area contributed by atoms with Gasteiger partial charge in [0.05, 0.1) is 11.3 Å². The van der Waals surface area contributed by atoms with E-state index in [4.69, 9.17) is 9.76 Å². The number of nitrogens with zero attached hydrogens (tertiary/aromatic N) is 2. The van der Waals surface area contributed by atoms with Crippen LogP contribution in [0.3, 0.4) is 0 Å². The zero-order chi connectivity index (χ0) is 20.5. The van der Waals surface area contributed by atoms with E-state index in [0.717, 1.165) is 54.4 Å². The summed E-state index contributed by atoms with van der Waals surface area (Å²) in [6, 6.07) is 2.12. The number of hydrogen-bond acceptors (Lipinski definition) is 5. The van der Waals surface area contributed by atoms with Gasteiger partial charge in [0, 0.05) is 41.4 Å². The van der Waals surface area contributed by atoms with Gasteiger partial charge in [0.2, 0.25) is 0 Å². The van der Waals surface area contributed by atoms with Crippen LogP contribution in [0, 0.1) is 23.7 Å². The lowest BCUT2D eigenvalue weighted by Crippen LogP contribution is -2.57. The average Bonchev–Trinajstić information content (AvgIpc) is 3.15. The number of pyridine rings is 1. The number of fused-ring (bicyclic) bond motifs is 3. The Morgan fingerprint density at radius 2 is 2.00 bits per heavy atom. The van der Waals surface area contributed by atoms with Crippen molar-refractivity contribution < 1.29 is 9.76 Å². The summed E-state index contributed by atoms with van der Waals surface area (Å²) in [6.45, 7) is 5.07. The van der Waals surface area contributed by atoms with E-state index in [1.165, 1.54) is 18.4 Å². The summed E-state index contributed by atoms with van der Waals surface area (Å²) in [4.78, 5) is 7.94. The molecule has 0 aromatic carbocycles. The molecule has 30 heavy (non-hydrogen) atoms. The van der Waals surface area contributed by atoms with Crippen molar-refractivity contribution in [3.05, 3.63) is 24.0 Å². The molecule has 7 rings (SSSR count). The van der Waals surface area contributed by atoms with Gasteiger partial charge in [-0.15, -0.1) is 0 Å². The van der Waals surface area contributed by atoms with Gasteiger partial charge in [-0.3, -0.25) is 0 Å². The molecule has 1 aliphatic heterocycles. The summed E-state index contributed by atoms with van der Waals surface area (Å²) in [7, 11) is 0.546. The van der Waals surface area contributed by atoms with E-state index in [-0.39, 0.29) is 5.60 Å². The zero-order valence-electron chi connectivity index (χ0n) is 17.9. The minimum absolute atomic E-state index is 0.212. The van der Waals surface area contributed by atoms with E-state index in [1.54, 1.807) is 0 Å². The largest absolute Gasteiger partial charge is 0.430 e. The van der Waals surface area contributed by atoms with Crippen LogP contribution in [0.1, 0.15) is 57.9 Å². The highest BCUT2D eigenvalue weighted by Crippen LogP contribution is 2.59. The first-order chi connectivity index (χ1) is 14.4. The lowest BCUT2D eigenvalue weighted by atomic mass is 9.49. The zero-order valence-corrected chi connectivity index (χ0v) is 17.9. The first kappa shape index (κ1) is 18.9. The van der Waals surface area contributed by atoms with E-state index >= 15 is 0 Å². The molecule has 0 saturated heterocycles. The molecule has 2 atom stereocenters. The van der Waals surface area contributed by atoms with Gasteiger partial charge >= 0.3 is 7.48 Å². The summed E-state index contributed by atoms with van der Waals surface area (Å²) in [5.74, 6) is 2.10. The molecular formula is C23H31BN4O2. The van der Waals surface area contributed by atoms with E-state index in [2.05, 4.69) is 35.3 Å². The fourth-order valence-electron chi connectivity index (χ4n) is 7.03. The summed E-state index contributed by atoms with van der Waals surface area (Å²) in [6.07, 6.45) is 10.1. The van der Waals surface area contributed by atoms with Crippen molar-refractivity contribution in [2.75, 3.05) is 6.54 Å². The van der Waals surface area contributed by atoms with Gasteiger partial charge in [0.25, 0.3) is 0 Å². The van der Waals surface area contributed by atoms with Crippen molar-refractivity contribution in [3.8, 4) is 0 Å². The normalized spacial score (nSPS) is 39.0. The molecule has 0 spiro atoms. The number of rotatable bonds is 1. The molecule has 0 radical (unpaired) electrons. The second kappa shape index (κ2) is 6.57. The number of nitrogens with one attached hydrogen (secondary N) is 2. The first-order valence-electron chi connectivity index (χ1n) is 11.5. The van der Waals surface area contributed by atoms with E-state index in [9.17, 15) is 5.11 Å². The maximum atomic E-state index is 11.1. The molecular weight excluding hydrogens is 375 g/mol. The highest BCUT2D eigenvalue weighted by atomic mass is 16.5. The average molecular weight is 406 g/mol. The molecule has 6 nitrogen and oxygen atoms in total. The fourth-order valence-corrected chi connectivity index (χ4v) is 7.03. The van der Waals surface area contributed by atoms with Crippen LogP contribution >= 0.6 is 0 Å². The number of hydrazone groups is 1. The fraction of sp³-hybridized carbons (Fsp3) is 0.652. The highest BCUT2D eigenvalue weighted by Gasteiger charge is 2.56. The van der Waals surface area contributed by atoms with Gasteiger partial charge in [0.1, 0.15) is 5.65 Å². The third kappa shape index (κ3) is 3.01. The molecule has 4 aliphatic carbocycles. The van der Waals surface area contributed by atoms with Gasteiger partial charge in [-0.25, -0.2) is 4.98 Å². The van der Waals surface area contributed by atoms with E-state index < -0.39 is 5.60 Å². The Bertz CT molecular complexity index is 1000. The number of H-pyrrole nitrogens is 1. The molecule has 4 bridgehead atoms. The van der Waals surface area contributed by atoms with Crippen LogP contribution in [-0.2, 0) is 4.65 Å². The van der Waals surface area contributed by atoms with Crippen LogP contribution in [-0.4, -0.2) is 46.0 Å². The first-order valence-corrected chi connectivity index (χ1v) is 11.5. The number of aliphatic hydroxyl groups is 1.